The van der Waals surface area contributed by atoms with Crippen LogP contribution < -0.4 is 5.32 Å². The highest BCUT2D eigenvalue weighted by Gasteiger charge is 2.16. The summed E-state index contributed by atoms with van der Waals surface area (Å²) in [5.41, 5.74) is 1.67. The summed E-state index contributed by atoms with van der Waals surface area (Å²) >= 11 is 0. The summed E-state index contributed by atoms with van der Waals surface area (Å²) in [6.07, 6.45) is 3.13. The van der Waals surface area contributed by atoms with E-state index in [4.69, 9.17) is 0 Å². The maximum Gasteiger partial charge on any atom is 0.273 e. The fourth-order valence-electron chi connectivity index (χ4n) is 2.27. The Morgan fingerprint density at radius 3 is 2.71 bits per heavy atom. The van der Waals surface area contributed by atoms with Crippen molar-refractivity contribution in [3.8, 4) is 11.3 Å². The first-order valence-corrected chi connectivity index (χ1v) is 7.33. The predicted molar refractivity (Wildman–Crippen MR) is 85.4 cm³/mol. The van der Waals surface area contributed by atoms with Crippen LogP contribution in [0.25, 0.3) is 11.3 Å². The number of hydrogen-bond donors (Lipinski definition) is 1. The Morgan fingerprint density at radius 2 is 2.04 bits per heavy atom. The number of amides is 1. The van der Waals surface area contributed by atoms with Gasteiger partial charge in [-0.15, -0.1) is 0 Å². The number of rotatable bonds is 4. The van der Waals surface area contributed by atoms with Gasteiger partial charge in [0.1, 0.15) is 5.69 Å². The second-order valence-corrected chi connectivity index (χ2v) is 5.06. The number of carbonyl (C=O) groups is 1. The van der Waals surface area contributed by atoms with E-state index in [9.17, 15) is 13.6 Å². The molecule has 0 bridgehead atoms. The molecular formula is C17H14F2N4O. The standard InChI is InChI=1S/C17H14F2N4O/c1-2-23-16(17(24)21-12-4-3-7-20-10-12)9-15(22-23)11-5-6-13(18)14(19)8-11/h3-10H,2H2,1H3,(H,21,24). The third kappa shape index (κ3) is 3.15. The molecule has 0 radical (unpaired) electrons. The van der Waals surface area contributed by atoms with Crippen molar-refractivity contribution in [2.75, 3.05) is 5.32 Å². The Labute approximate surface area is 137 Å². The Morgan fingerprint density at radius 1 is 1.21 bits per heavy atom. The highest BCUT2D eigenvalue weighted by Crippen LogP contribution is 2.22. The first-order valence-electron chi connectivity index (χ1n) is 7.33. The fourth-order valence-corrected chi connectivity index (χ4v) is 2.27. The topological polar surface area (TPSA) is 59.8 Å². The van der Waals surface area contributed by atoms with Crippen molar-refractivity contribution in [2.45, 2.75) is 13.5 Å². The Balaban J connectivity index is 1.92. The summed E-state index contributed by atoms with van der Waals surface area (Å²) in [4.78, 5) is 16.4. The normalized spacial score (nSPS) is 10.6. The highest BCUT2D eigenvalue weighted by molar-refractivity contribution is 6.03. The molecule has 0 atom stereocenters. The molecule has 24 heavy (non-hydrogen) atoms. The van der Waals surface area contributed by atoms with Gasteiger partial charge in [0.05, 0.1) is 17.6 Å². The SMILES string of the molecule is CCn1nc(-c2ccc(F)c(F)c2)cc1C(=O)Nc1cccnc1. The van der Waals surface area contributed by atoms with Crippen LogP contribution in [-0.4, -0.2) is 20.7 Å². The number of hydrogen-bond acceptors (Lipinski definition) is 3. The second-order valence-electron chi connectivity index (χ2n) is 5.06. The van der Waals surface area contributed by atoms with Gasteiger partial charge < -0.3 is 5.32 Å². The van der Waals surface area contributed by atoms with Crippen LogP contribution >= 0.6 is 0 Å². The van der Waals surface area contributed by atoms with Crippen LogP contribution in [0.5, 0.6) is 0 Å². The number of aryl methyl sites for hydroxylation is 1. The van der Waals surface area contributed by atoms with Crippen LogP contribution in [0.3, 0.4) is 0 Å². The van der Waals surface area contributed by atoms with Crippen molar-refractivity contribution in [2.24, 2.45) is 0 Å². The summed E-state index contributed by atoms with van der Waals surface area (Å²) in [7, 11) is 0. The average Bonchev–Trinajstić information content (AvgIpc) is 3.03. The molecular weight excluding hydrogens is 314 g/mol. The zero-order chi connectivity index (χ0) is 17.1. The van der Waals surface area contributed by atoms with Gasteiger partial charge in [-0.25, -0.2) is 8.78 Å². The van der Waals surface area contributed by atoms with Crippen LogP contribution in [0.1, 0.15) is 17.4 Å². The lowest BCUT2D eigenvalue weighted by molar-refractivity contribution is 0.101. The maximum atomic E-state index is 13.4. The maximum absolute atomic E-state index is 13.4. The molecule has 1 amide bonds. The summed E-state index contributed by atoms with van der Waals surface area (Å²) in [6.45, 7) is 2.29. The quantitative estimate of drug-likeness (QED) is 0.797. The van der Waals surface area contributed by atoms with Crippen LogP contribution in [0.2, 0.25) is 0 Å². The lowest BCUT2D eigenvalue weighted by Gasteiger charge is -2.05. The van der Waals surface area contributed by atoms with Crippen LogP contribution in [0.4, 0.5) is 14.5 Å². The summed E-state index contributed by atoms with van der Waals surface area (Å²) < 4.78 is 28.0. The van der Waals surface area contributed by atoms with Crippen LogP contribution in [0.15, 0.2) is 48.8 Å². The Hall–Kier alpha value is -3.09. The van der Waals surface area contributed by atoms with E-state index < -0.39 is 11.6 Å². The number of halogens is 2. The molecule has 1 aromatic carbocycles. The van der Waals surface area contributed by atoms with Gasteiger partial charge in [0.25, 0.3) is 5.91 Å². The summed E-state index contributed by atoms with van der Waals surface area (Å²) in [5.74, 6) is -2.24. The van der Waals surface area contributed by atoms with E-state index in [1.807, 2.05) is 6.92 Å². The molecule has 2 aromatic heterocycles. The molecule has 0 fully saturated rings. The van der Waals surface area contributed by atoms with Gasteiger partial charge in [-0.2, -0.15) is 5.10 Å². The highest BCUT2D eigenvalue weighted by atomic mass is 19.2. The van der Waals surface area contributed by atoms with Crippen molar-refractivity contribution >= 4 is 11.6 Å². The van der Waals surface area contributed by atoms with Crippen LogP contribution in [-0.2, 0) is 6.54 Å². The molecule has 3 rings (SSSR count). The fraction of sp³-hybridized carbons (Fsp3) is 0.118. The monoisotopic (exact) mass is 328 g/mol. The average molecular weight is 328 g/mol. The number of nitrogens with zero attached hydrogens (tertiary/aromatic N) is 3. The lowest BCUT2D eigenvalue weighted by Crippen LogP contribution is -2.17. The van der Waals surface area contributed by atoms with E-state index in [1.54, 1.807) is 24.4 Å². The van der Waals surface area contributed by atoms with Gasteiger partial charge in [-0.1, -0.05) is 0 Å². The Bertz CT molecular complexity index is 878. The zero-order valence-corrected chi connectivity index (χ0v) is 12.8. The predicted octanol–water partition coefficient (Wildman–Crippen LogP) is 3.50. The smallest absolute Gasteiger partial charge is 0.273 e. The van der Waals surface area contributed by atoms with E-state index in [1.165, 1.54) is 16.9 Å². The molecule has 0 aliphatic carbocycles. The number of benzene rings is 1. The molecule has 3 aromatic rings. The number of pyridine rings is 1. The van der Waals surface area contributed by atoms with Gasteiger partial charge in [-0.3, -0.25) is 14.5 Å². The third-order valence-corrected chi connectivity index (χ3v) is 3.45. The number of carbonyl (C=O) groups excluding carboxylic acids is 1. The van der Waals surface area contributed by atoms with Gasteiger partial charge >= 0.3 is 0 Å². The van der Waals surface area contributed by atoms with Crippen molar-refractivity contribution in [3.05, 3.63) is 66.1 Å². The number of nitrogens with one attached hydrogen (secondary N) is 1. The van der Waals surface area contributed by atoms with E-state index in [0.717, 1.165) is 12.1 Å². The summed E-state index contributed by atoms with van der Waals surface area (Å²) in [5, 5.41) is 7.01. The molecule has 0 aliphatic rings. The molecule has 0 aliphatic heterocycles. The minimum absolute atomic E-state index is 0.320. The van der Waals surface area contributed by atoms with Crippen LogP contribution in [0, 0.1) is 11.6 Å². The van der Waals surface area contributed by atoms with Gasteiger partial charge in [-0.05, 0) is 43.3 Å². The molecule has 1 N–H and O–H groups in total. The molecule has 0 saturated carbocycles. The van der Waals surface area contributed by atoms with Crippen molar-refractivity contribution in [3.63, 3.8) is 0 Å². The second kappa shape index (κ2) is 6.57. The van der Waals surface area contributed by atoms with Gasteiger partial charge in [0.15, 0.2) is 11.6 Å². The number of aromatic nitrogens is 3. The Kier molecular flexibility index (Phi) is 4.33. The number of anilines is 1. The van der Waals surface area contributed by atoms with E-state index in [2.05, 4.69) is 15.4 Å². The van der Waals surface area contributed by atoms with E-state index in [-0.39, 0.29) is 5.91 Å². The first kappa shape index (κ1) is 15.8. The summed E-state index contributed by atoms with van der Waals surface area (Å²) in [6, 6.07) is 8.48. The first-order chi connectivity index (χ1) is 11.6. The van der Waals surface area contributed by atoms with Crippen molar-refractivity contribution in [1.82, 2.24) is 14.8 Å². The third-order valence-electron chi connectivity index (χ3n) is 3.45. The van der Waals surface area contributed by atoms with Gasteiger partial charge in [0.2, 0.25) is 0 Å². The minimum atomic E-state index is -0.958. The van der Waals surface area contributed by atoms with E-state index >= 15 is 0 Å². The molecule has 7 heteroatoms. The van der Waals surface area contributed by atoms with Crippen molar-refractivity contribution in [1.29, 1.82) is 0 Å². The van der Waals surface area contributed by atoms with Crippen molar-refractivity contribution < 1.29 is 13.6 Å². The molecule has 0 saturated heterocycles. The molecule has 0 unspecified atom stereocenters. The zero-order valence-electron chi connectivity index (χ0n) is 12.8. The minimum Gasteiger partial charge on any atom is -0.319 e. The van der Waals surface area contributed by atoms with Gasteiger partial charge in [0, 0.05) is 18.3 Å². The molecule has 2 heterocycles. The lowest BCUT2D eigenvalue weighted by atomic mass is 10.1. The molecule has 0 spiro atoms. The molecule has 5 nitrogen and oxygen atoms in total. The largest absolute Gasteiger partial charge is 0.319 e. The molecule has 122 valence electrons. The van der Waals surface area contributed by atoms with E-state index in [0.29, 0.717) is 29.2 Å².